The molecule has 4 heteroatoms. The lowest BCUT2D eigenvalue weighted by Crippen LogP contribution is -2.11. The largest absolute Gasteiger partial charge is 0.307 e. The number of aromatic nitrogens is 3. The summed E-state index contributed by atoms with van der Waals surface area (Å²) in [6, 6.07) is 3.37. The van der Waals surface area contributed by atoms with Gasteiger partial charge in [-0.15, -0.1) is 0 Å². The minimum absolute atomic E-state index is 0.00288. The van der Waals surface area contributed by atoms with Gasteiger partial charge in [-0.2, -0.15) is 5.10 Å². The number of nitrogens with one attached hydrogen (secondary N) is 1. The average Bonchev–Trinajstić information content (AvgIpc) is 2.45. The lowest BCUT2D eigenvalue weighted by molar-refractivity contribution is 0.562. The molecule has 0 aliphatic carbocycles. The van der Waals surface area contributed by atoms with E-state index in [1.54, 1.807) is 10.7 Å². The summed E-state index contributed by atoms with van der Waals surface area (Å²) in [5.74, 6) is 0. The van der Waals surface area contributed by atoms with Gasteiger partial charge < -0.3 is 4.98 Å². The summed E-state index contributed by atoms with van der Waals surface area (Å²) in [7, 11) is 0. The number of H-pyrrole nitrogens is 1. The monoisotopic (exact) mass is 191 g/mol. The normalized spacial score (nSPS) is 12.2. The van der Waals surface area contributed by atoms with Crippen LogP contribution in [-0.2, 0) is 5.41 Å². The van der Waals surface area contributed by atoms with E-state index in [0.717, 1.165) is 11.3 Å². The summed E-state index contributed by atoms with van der Waals surface area (Å²) >= 11 is 0. The molecule has 74 valence electrons. The van der Waals surface area contributed by atoms with Crippen LogP contribution in [0.1, 0.15) is 26.5 Å². The van der Waals surface area contributed by atoms with Gasteiger partial charge in [0.25, 0.3) is 5.56 Å². The van der Waals surface area contributed by atoms with Crippen LogP contribution in [0.25, 0.3) is 5.65 Å². The lowest BCUT2D eigenvalue weighted by atomic mass is 9.93. The van der Waals surface area contributed by atoms with Crippen molar-refractivity contribution in [2.45, 2.75) is 26.2 Å². The summed E-state index contributed by atoms with van der Waals surface area (Å²) in [5, 5.41) is 4.37. The smallest absolute Gasteiger partial charge is 0.251 e. The number of nitrogens with zero attached hydrogens (tertiary/aromatic N) is 2. The summed E-state index contributed by atoms with van der Waals surface area (Å²) in [5.41, 5.74) is 1.61. The average molecular weight is 191 g/mol. The summed E-state index contributed by atoms with van der Waals surface area (Å²) in [6.45, 7) is 6.27. The Morgan fingerprint density at radius 1 is 1.43 bits per heavy atom. The van der Waals surface area contributed by atoms with Crippen LogP contribution in [0, 0.1) is 0 Å². The Labute approximate surface area is 81.6 Å². The molecule has 2 aromatic rings. The third kappa shape index (κ3) is 1.43. The molecule has 0 amide bonds. The molecule has 0 aromatic carbocycles. The van der Waals surface area contributed by atoms with Crippen LogP contribution in [0.4, 0.5) is 0 Å². The maximum absolute atomic E-state index is 11.0. The minimum atomic E-state index is -0.0992. The second kappa shape index (κ2) is 2.70. The quantitative estimate of drug-likeness (QED) is 0.682. The molecule has 0 saturated heterocycles. The highest BCUT2D eigenvalue weighted by molar-refractivity contribution is 5.40. The molecule has 0 spiro atoms. The second-order valence-electron chi connectivity index (χ2n) is 4.41. The van der Waals surface area contributed by atoms with Gasteiger partial charge >= 0.3 is 0 Å². The van der Waals surface area contributed by atoms with Gasteiger partial charge in [-0.05, 0) is 0 Å². The Hall–Kier alpha value is -1.58. The molecule has 0 atom stereocenters. The molecule has 4 nitrogen and oxygen atoms in total. The van der Waals surface area contributed by atoms with Crippen molar-refractivity contribution < 1.29 is 0 Å². The summed E-state index contributed by atoms with van der Waals surface area (Å²) in [6.07, 6.45) is 1.67. The van der Waals surface area contributed by atoms with Crippen molar-refractivity contribution in [2.75, 3.05) is 0 Å². The number of rotatable bonds is 0. The number of fused-ring (bicyclic) bond motifs is 1. The zero-order chi connectivity index (χ0) is 10.3. The van der Waals surface area contributed by atoms with Crippen molar-refractivity contribution in [2.24, 2.45) is 0 Å². The predicted molar refractivity (Wildman–Crippen MR) is 54.5 cm³/mol. The molecule has 2 aromatic heterocycles. The first-order chi connectivity index (χ1) is 6.47. The summed E-state index contributed by atoms with van der Waals surface area (Å²) < 4.78 is 1.68. The van der Waals surface area contributed by atoms with Crippen LogP contribution < -0.4 is 5.56 Å². The highest BCUT2D eigenvalue weighted by Crippen LogP contribution is 2.20. The zero-order valence-corrected chi connectivity index (χ0v) is 8.53. The molecular weight excluding hydrogens is 178 g/mol. The Bertz CT molecular complexity index is 516. The molecule has 0 aliphatic rings. The molecule has 0 bridgehead atoms. The standard InChI is InChI=1S/C10H13N3O/c1-10(2,3)7-6-8-11-9(14)4-5-13(8)12-7/h4-6H,1-3H3,(H,11,14). The lowest BCUT2D eigenvalue weighted by Gasteiger charge is -2.13. The van der Waals surface area contributed by atoms with E-state index in [1.165, 1.54) is 6.07 Å². The summed E-state index contributed by atoms with van der Waals surface area (Å²) in [4.78, 5) is 13.8. The van der Waals surface area contributed by atoms with E-state index in [1.807, 2.05) is 6.07 Å². The molecule has 1 N–H and O–H groups in total. The van der Waals surface area contributed by atoms with Crippen molar-refractivity contribution in [3.05, 3.63) is 34.4 Å². The third-order valence-electron chi connectivity index (χ3n) is 2.12. The van der Waals surface area contributed by atoms with E-state index < -0.39 is 0 Å². The topological polar surface area (TPSA) is 50.2 Å². The highest BCUT2D eigenvalue weighted by Gasteiger charge is 2.17. The molecule has 14 heavy (non-hydrogen) atoms. The van der Waals surface area contributed by atoms with Crippen LogP contribution in [0.15, 0.2) is 23.1 Å². The van der Waals surface area contributed by atoms with Crippen LogP contribution >= 0.6 is 0 Å². The van der Waals surface area contributed by atoms with E-state index in [9.17, 15) is 4.79 Å². The van der Waals surface area contributed by atoms with Crippen molar-refractivity contribution >= 4 is 5.65 Å². The molecular formula is C10H13N3O. The van der Waals surface area contributed by atoms with Gasteiger partial charge in [-0.25, -0.2) is 4.52 Å². The van der Waals surface area contributed by atoms with Crippen molar-refractivity contribution in [1.29, 1.82) is 0 Å². The number of aromatic amines is 1. The van der Waals surface area contributed by atoms with Crippen LogP contribution in [0.3, 0.4) is 0 Å². The molecule has 0 fully saturated rings. The maximum Gasteiger partial charge on any atom is 0.251 e. The van der Waals surface area contributed by atoms with Crippen LogP contribution in [0.5, 0.6) is 0 Å². The van der Waals surface area contributed by atoms with Gasteiger partial charge in [-0.1, -0.05) is 20.8 Å². The van der Waals surface area contributed by atoms with Crippen molar-refractivity contribution in [3.8, 4) is 0 Å². The van der Waals surface area contributed by atoms with Crippen LogP contribution in [-0.4, -0.2) is 14.6 Å². The van der Waals surface area contributed by atoms with Gasteiger partial charge in [0.1, 0.15) is 5.65 Å². The number of hydrogen-bond acceptors (Lipinski definition) is 2. The Morgan fingerprint density at radius 3 is 2.79 bits per heavy atom. The number of hydrogen-bond donors (Lipinski definition) is 1. The van der Waals surface area contributed by atoms with Gasteiger partial charge in [0.05, 0.1) is 5.69 Å². The van der Waals surface area contributed by atoms with E-state index in [2.05, 4.69) is 30.9 Å². The Morgan fingerprint density at radius 2 is 2.14 bits per heavy atom. The maximum atomic E-state index is 11.0. The first-order valence-electron chi connectivity index (χ1n) is 4.56. The molecule has 0 unspecified atom stereocenters. The van der Waals surface area contributed by atoms with E-state index in [-0.39, 0.29) is 11.0 Å². The first-order valence-corrected chi connectivity index (χ1v) is 4.56. The van der Waals surface area contributed by atoms with E-state index >= 15 is 0 Å². The van der Waals surface area contributed by atoms with Crippen molar-refractivity contribution in [1.82, 2.24) is 14.6 Å². The molecule has 2 rings (SSSR count). The SMILES string of the molecule is CC(C)(C)c1cc2[nH]c(=O)ccn2n1. The third-order valence-corrected chi connectivity index (χ3v) is 2.12. The minimum Gasteiger partial charge on any atom is -0.307 e. The molecule has 0 aliphatic heterocycles. The highest BCUT2D eigenvalue weighted by atomic mass is 16.1. The fourth-order valence-corrected chi connectivity index (χ4v) is 1.27. The second-order valence-corrected chi connectivity index (χ2v) is 4.41. The zero-order valence-electron chi connectivity index (χ0n) is 8.53. The Balaban J connectivity index is 2.69. The van der Waals surface area contributed by atoms with Gasteiger partial charge in [-0.3, -0.25) is 4.79 Å². The first kappa shape index (κ1) is 8.99. The van der Waals surface area contributed by atoms with Gasteiger partial charge in [0.15, 0.2) is 0 Å². The van der Waals surface area contributed by atoms with Crippen molar-refractivity contribution in [3.63, 3.8) is 0 Å². The predicted octanol–water partition coefficient (Wildman–Crippen LogP) is 1.32. The van der Waals surface area contributed by atoms with E-state index in [0.29, 0.717) is 0 Å². The fraction of sp³-hybridized carbons (Fsp3) is 0.400. The Kier molecular flexibility index (Phi) is 1.74. The molecule has 0 radical (unpaired) electrons. The van der Waals surface area contributed by atoms with Gasteiger partial charge in [0.2, 0.25) is 0 Å². The van der Waals surface area contributed by atoms with Crippen LogP contribution in [0.2, 0.25) is 0 Å². The van der Waals surface area contributed by atoms with Gasteiger partial charge in [0, 0.05) is 23.7 Å². The fourth-order valence-electron chi connectivity index (χ4n) is 1.27. The van der Waals surface area contributed by atoms with E-state index in [4.69, 9.17) is 0 Å². The molecule has 2 heterocycles. The molecule has 0 saturated carbocycles.